The van der Waals surface area contributed by atoms with Crippen molar-refractivity contribution in [2.24, 2.45) is 0 Å². The lowest BCUT2D eigenvalue weighted by atomic mass is 9.93. The van der Waals surface area contributed by atoms with Crippen molar-refractivity contribution in [3.05, 3.63) is 59.0 Å². The van der Waals surface area contributed by atoms with E-state index in [4.69, 9.17) is 9.52 Å². The second-order valence-electron chi connectivity index (χ2n) is 7.00. The lowest BCUT2D eigenvalue weighted by Gasteiger charge is -2.34. The summed E-state index contributed by atoms with van der Waals surface area (Å²) in [5.74, 6) is -0.877. The summed E-state index contributed by atoms with van der Waals surface area (Å²) in [6, 6.07) is 10.1. The number of nitrogens with zero attached hydrogens (tertiary/aromatic N) is 1. The Bertz CT molecular complexity index is 760. The molecule has 2 aromatic rings. The molecule has 0 unspecified atom stereocenters. The van der Waals surface area contributed by atoms with Gasteiger partial charge >= 0.3 is 5.97 Å². The summed E-state index contributed by atoms with van der Waals surface area (Å²) in [7, 11) is 0. The van der Waals surface area contributed by atoms with Crippen LogP contribution in [0.1, 0.15) is 59.3 Å². The van der Waals surface area contributed by atoms with Crippen LogP contribution < -0.4 is 0 Å². The summed E-state index contributed by atoms with van der Waals surface area (Å²) in [4.78, 5) is 26.5. The molecule has 0 atom stereocenters. The van der Waals surface area contributed by atoms with Crippen LogP contribution in [-0.4, -0.2) is 27.9 Å². The zero-order valence-corrected chi connectivity index (χ0v) is 15.1. The molecule has 1 fully saturated rings. The van der Waals surface area contributed by atoms with E-state index in [9.17, 15) is 9.59 Å². The lowest BCUT2D eigenvalue weighted by Crippen LogP contribution is -2.41. The zero-order chi connectivity index (χ0) is 18.5. The number of aryl methyl sites for hydroxylation is 1. The molecule has 26 heavy (non-hydrogen) atoms. The number of furan rings is 1. The standard InChI is InChI=1S/C21H25NO4/c1-15-14-26-18(12-19(23)24)20(15)21(25)22(17-10-6-3-7-11-17)13-16-8-4-2-5-9-16/h2,4-5,8-9,14,17H,3,6-7,10-13H2,1H3,(H,23,24). The number of rotatable bonds is 6. The first-order valence-corrected chi connectivity index (χ1v) is 9.20. The molecule has 1 saturated carbocycles. The highest BCUT2D eigenvalue weighted by Crippen LogP contribution is 2.28. The highest BCUT2D eigenvalue weighted by molar-refractivity contribution is 5.97. The summed E-state index contributed by atoms with van der Waals surface area (Å²) < 4.78 is 5.39. The van der Waals surface area contributed by atoms with Crippen LogP contribution in [0.25, 0.3) is 0 Å². The monoisotopic (exact) mass is 355 g/mol. The molecule has 138 valence electrons. The summed E-state index contributed by atoms with van der Waals surface area (Å²) in [5.41, 5.74) is 2.18. The highest BCUT2D eigenvalue weighted by Gasteiger charge is 2.30. The molecular formula is C21H25NO4. The third-order valence-corrected chi connectivity index (χ3v) is 5.05. The fourth-order valence-corrected chi connectivity index (χ4v) is 3.74. The van der Waals surface area contributed by atoms with Crippen LogP contribution >= 0.6 is 0 Å². The van der Waals surface area contributed by atoms with Gasteiger partial charge in [-0.3, -0.25) is 9.59 Å². The third-order valence-electron chi connectivity index (χ3n) is 5.05. The van der Waals surface area contributed by atoms with Crippen LogP contribution in [0.3, 0.4) is 0 Å². The van der Waals surface area contributed by atoms with E-state index in [-0.39, 0.29) is 24.1 Å². The first kappa shape index (κ1) is 18.2. The largest absolute Gasteiger partial charge is 0.481 e. The van der Waals surface area contributed by atoms with Crippen molar-refractivity contribution in [3.8, 4) is 0 Å². The van der Waals surface area contributed by atoms with Gasteiger partial charge in [0.15, 0.2) is 0 Å². The van der Waals surface area contributed by atoms with Gasteiger partial charge in [-0.05, 0) is 25.3 Å². The Kier molecular flexibility index (Phi) is 5.76. The van der Waals surface area contributed by atoms with E-state index < -0.39 is 5.97 Å². The van der Waals surface area contributed by atoms with Gasteiger partial charge in [0.25, 0.3) is 5.91 Å². The van der Waals surface area contributed by atoms with Crippen LogP contribution in [0, 0.1) is 6.92 Å². The third kappa shape index (κ3) is 4.15. The average molecular weight is 355 g/mol. The molecule has 1 aliphatic rings. The Labute approximate surface area is 153 Å². The predicted octanol–water partition coefficient (Wildman–Crippen LogP) is 4.19. The number of carboxylic acid groups (broad SMARTS) is 1. The Balaban J connectivity index is 1.92. The van der Waals surface area contributed by atoms with Crippen molar-refractivity contribution < 1.29 is 19.1 Å². The summed E-state index contributed by atoms with van der Waals surface area (Å²) >= 11 is 0. The first-order valence-electron chi connectivity index (χ1n) is 9.20. The van der Waals surface area contributed by atoms with Gasteiger partial charge in [0.1, 0.15) is 12.2 Å². The molecule has 0 aliphatic heterocycles. The summed E-state index contributed by atoms with van der Waals surface area (Å²) in [6.07, 6.45) is 6.63. The van der Waals surface area contributed by atoms with Crippen molar-refractivity contribution in [3.63, 3.8) is 0 Å². The van der Waals surface area contributed by atoms with Gasteiger partial charge in [0, 0.05) is 18.2 Å². The minimum Gasteiger partial charge on any atom is -0.481 e. The van der Waals surface area contributed by atoms with Crippen LogP contribution in [0.15, 0.2) is 41.0 Å². The van der Waals surface area contributed by atoms with Gasteiger partial charge in [-0.25, -0.2) is 0 Å². The number of hydrogen-bond acceptors (Lipinski definition) is 3. The quantitative estimate of drug-likeness (QED) is 0.843. The van der Waals surface area contributed by atoms with E-state index in [1.165, 1.54) is 12.7 Å². The van der Waals surface area contributed by atoms with Crippen molar-refractivity contribution >= 4 is 11.9 Å². The fraction of sp³-hybridized carbons (Fsp3) is 0.429. The van der Waals surface area contributed by atoms with Gasteiger partial charge in [0.2, 0.25) is 0 Å². The molecule has 1 heterocycles. The molecule has 5 heteroatoms. The van der Waals surface area contributed by atoms with E-state index in [1.54, 1.807) is 6.92 Å². The Hall–Kier alpha value is -2.56. The molecule has 0 spiro atoms. The smallest absolute Gasteiger partial charge is 0.311 e. The summed E-state index contributed by atoms with van der Waals surface area (Å²) in [5, 5.41) is 9.12. The molecule has 0 bridgehead atoms. The van der Waals surface area contributed by atoms with Crippen molar-refractivity contribution in [1.29, 1.82) is 0 Å². The Morgan fingerprint density at radius 1 is 1.15 bits per heavy atom. The van der Waals surface area contributed by atoms with Crippen LogP contribution in [0.4, 0.5) is 0 Å². The molecule has 1 aromatic heterocycles. The zero-order valence-electron chi connectivity index (χ0n) is 15.1. The van der Waals surface area contributed by atoms with E-state index in [2.05, 4.69) is 0 Å². The normalized spacial score (nSPS) is 15.0. The number of benzene rings is 1. The fourth-order valence-electron chi connectivity index (χ4n) is 3.74. The van der Waals surface area contributed by atoms with Crippen LogP contribution in [-0.2, 0) is 17.8 Å². The SMILES string of the molecule is Cc1coc(CC(=O)O)c1C(=O)N(Cc1ccccc1)C1CCCCC1. The highest BCUT2D eigenvalue weighted by atomic mass is 16.4. The molecule has 1 aromatic carbocycles. The maximum atomic E-state index is 13.4. The van der Waals surface area contributed by atoms with Crippen molar-refractivity contribution in [1.82, 2.24) is 4.90 Å². The van der Waals surface area contributed by atoms with Gasteiger partial charge in [-0.2, -0.15) is 0 Å². The second kappa shape index (κ2) is 8.21. The molecule has 1 N–H and O–H groups in total. The second-order valence-corrected chi connectivity index (χ2v) is 7.00. The van der Waals surface area contributed by atoms with Crippen molar-refractivity contribution in [2.45, 2.75) is 58.0 Å². The van der Waals surface area contributed by atoms with E-state index in [0.29, 0.717) is 17.7 Å². The minimum atomic E-state index is -0.999. The van der Waals surface area contributed by atoms with Gasteiger partial charge in [-0.1, -0.05) is 49.6 Å². The molecule has 0 saturated heterocycles. The van der Waals surface area contributed by atoms with Crippen molar-refractivity contribution in [2.75, 3.05) is 0 Å². The first-order chi connectivity index (χ1) is 12.6. The number of carbonyl (C=O) groups excluding carboxylic acids is 1. The maximum Gasteiger partial charge on any atom is 0.311 e. The number of carbonyl (C=O) groups is 2. The lowest BCUT2D eigenvalue weighted by molar-refractivity contribution is -0.136. The van der Waals surface area contributed by atoms with Crippen LogP contribution in [0.5, 0.6) is 0 Å². The van der Waals surface area contributed by atoms with E-state index in [1.807, 2.05) is 35.2 Å². The number of hydrogen-bond donors (Lipinski definition) is 1. The molecule has 3 rings (SSSR count). The molecule has 1 aliphatic carbocycles. The molecule has 5 nitrogen and oxygen atoms in total. The topological polar surface area (TPSA) is 70.7 Å². The predicted molar refractivity (Wildman–Crippen MR) is 98.0 cm³/mol. The average Bonchev–Trinajstić information content (AvgIpc) is 3.00. The molecule has 0 radical (unpaired) electrons. The number of amides is 1. The molecular weight excluding hydrogens is 330 g/mol. The molecule has 1 amide bonds. The number of aliphatic carboxylic acids is 1. The number of carboxylic acids is 1. The Morgan fingerprint density at radius 2 is 1.85 bits per heavy atom. The minimum absolute atomic E-state index is 0.122. The van der Waals surface area contributed by atoms with E-state index >= 15 is 0 Å². The van der Waals surface area contributed by atoms with Crippen LogP contribution in [0.2, 0.25) is 0 Å². The maximum absolute atomic E-state index is 13.4. The van der Waals surface area contributed by atoms with E-state index in [0.717, 1.165) is 31.2 Å². The van der Waals surface area contributed by atoms with Gasteiger partial charge in [0.05, 0.1) is 11.8 Å². The summed E-state index contributed by atoms with van der Waals surface area (Å²) in [6.45, 7) is 2.32. The van der Waals surface area contributed by atoms with Gasteiger partial charge in [-0.15, -0.1) is 0 Å². The van der Waals surface area contributed by atoms with Gasteiger partial charge < -0.3 is 14.4 Å². The Morgan fingerprint density at radius 3 is 2.50 bits per heavy atom.